The van der Waals surface area contributed by atoms with E-state index in [0.717, 1.165) is 40.6 Å². The van der Waals surface area contributed by atoms with Gasteiger partial charge in [-0.05, 0) is 53.3 Å². The molecule has 0 radical (unpaired) electrons. The summed E-state index contributed by atoms with van der Waals surface area (Å²) in [6.45, 7) is 1.97. The number of benzene rings is 3. The van der Waals surface area contributed by atoms with Gasteiger partial charge in [-0.3, -0.25) is 4.79 Å². The fraction of sp³-hybridized carbons (Fsp3) is 0.192. The van der Waals surface area contributed by atoms with E-state index in [0.29, 0.717) is 10.4 Å². The number of halogens is 1. The first kappa shape index (κ1) is 23.1. The molecule has 0 saturated heterocycles. The van der Waals surface area contributed by atoms with E-state index in [4.69, 9.17) is 0 Å². The number of rotatable bonds is 8. The van der Waals surface area contributed by atoms with Crippen molar-refractivity contribution in [1.82, 2.24) is 5.32 Å². The van der Waals surface area contributed by atoms with Gasteiger partial charge in [-0.15, -0.1) is 11.3 Å². The molecule has 1 heterocycles. The van der Waals surface area contributed by atoms with Gasteiger partial charge in [0.1, 0.15) is 11.1 Å². The Morgan fingerprint density at radius 3 is 2.33 bits per heavy atom. The maximum absolute atomic E-state index is 13.4. The standard InChI is InChI=1S/C26H24FNO3S2/c1-2-8-22-21-11-6-7-12-23(21)32-25(22)26(29)28-17-24(18-9-4-3-5-10-18)33(30,31)20-15-13-19(27)14-16-20/h3-7,9-16,24H,2,8,17H2,1H3,(H,28,29). The predicted molar refractivity (Wildman–Crippen MR) is 131 cm³/mol. The van der Waals surface area contributed by atoms with Crippen molar-refractivity contribution in [3.05, 3.63) is 101 Å². The lowest BCUT2D eigenvalue weighted by Gasteiger charge is -2.19. The average molecular weight is 482 g/mol. The predicted octanol–water partition coefficient (Wildman–Crippen LogP) is 5.94. The van der Waals surface area contributed by atoms with Crippen LogP contribution in [0.1, 0.15) is 39.4 Å². The molecule has 0 spiro atoms. The molecule has 0 fully saturated rings. The molecule has 0 saturated carbocycles. The summed E-state index contributed by atoms with van der Waals surface area (Å²) >= 11 is 1.42. The van der Waals surface area contributed by atoms with Crippen molar-refractivity contribution >= 4 is 37.2 Å². The Balaban J connectivity index is 1.66. The van der Waals surface area contributed by atoms with Gasteiger partial charge in [0.2, 0.25) is 0 Å². The number of hydrogen-bond donors (Lipinski definition) is 1. The lowest BCUT2D eigenvalue weighted by atomic mass is 10.1. The van der Waals surface area contributed by atoms with Crippen LogP contribution in [0.2, 0.25) is 0 Å². The molecular formula is C26H24FNO3S2. The first-order valence-corrected chi connectivity index (χ1v) is 13.1. The van der Waals surface area contributed by atoms with Crippen molar-refractivity contribution in [3.63, 3.8) is 0 Å². The minimum atomic E-state index is -3.87. The van der Waals surface area contributed by atoms with E-state index in [2.05, 4.69) is 12.2 Å². The number of sulfone groups is 1. The number of carbonyl (C=O) groups excluding carboxylic acids is 1. The topological polar surface area (TPSA) is 63.2 Å². The van der Waals surface area contributed by atoms with Gasteiger partial charge in [0.15, 0.2) is 9.84 Å². The second kappa shape index (κ2) is 9.85. The smallest absolute Gasteiger partial charge is 0.261 e. The van der Waals surface area contributed by atoms with Crippen LogP contribution in [0.15, 0.2) is 83.8 Å². The molecule has 7 heteroatoms. The Hall–Kier alpha value is -3.03. The number of nitrogens with one attached hydrogen (secondary N) is 1. The normalized spacial score (nSPS) is 12.5. The van der Waals surface area contributed by atoms with Crippen molar-refractivity contribution in [2.45, 2.75) is 29.9 Å². The van der Waals surface area contributed by atoms with Gasteiger partial charge in [0, 0.05) is 11.2 Å². The van der Waals surface area contributed by atoms with E-state index in [1.165, 1.54) is 23.5 Å². The molecule has 1 N–H and O–H groups in total. The molecule has 3 aromatic carbocycles. The zero-order valence-corrected chi connectivity index (χ0v) is 19.8. The van der Waals surface area contributed by atoms with E-state index in [1.54, 1.807) is 30.3 Å². The van der Waals surface area contributed by atoms with Crippen LogP contribution in [0.4, 0.5) is 4.39 Å². The molecule has 0 aliphatic heterocycles. The molecule has 0 aliphatic carbocycles. The SMILES string of the molecule is CCCc1c(C(=O)NCC(c2ccccc2)S(=O)(=O)c2ccc(F)cc2)sc2ccccc12. The van der Waals surface area contributed by atoms with Gasteiger partial charge in [0.05, 0.1) is 9.77 Å². The average Bonchev–Trinajstić information content (AvgIpc) is 3.19. The number of carbonyl (C=O) groups is 1. The Morgan fingerprint density at radius 1 is 0.970 bits per heavy atom. The highest BCUT2D eigenvalue weighted by Crippen LogP contribution is 2.33. The van der Waals surface area contributed by atoms with Crippen molar-refractivity contribution in [3.8, 4) is 0 Å². The number of hydrogen-bond acceptors (Lipinski definition) is 4. The molecule has 4 aromatic rings. The summed E-state index contributed by atoms with van der Waals surface area (Å²) in [4.78, 5) is 13.8. The minimum absolute atomic E-state index is 0.0144. The third-order valence-corrected chi connectivity index (χ3v) is 8.87. The summed E-state index contributed by atoms with van der Waals surface area (Å²) in [5.41, 5.74) is 1.56. The molecule has 0 aliphatic rings. The van der Waals surface area contributed by atoms with Crippen LogP contribution in [0.5, 0.6) is 0 Å². The van der Waals surface area contributed by atoms with Crippen LogP contribution in [0.25, 0.3) is 10.1 Å². The molecule has 0 bridgehead atoms. The Labute approximate surface area is 197 Å². The van der Waals surface area contributed by atoms with E-state index in [9.17, 15) is 17.6 Å². The summed E-state index contributed by atoms with van der Waals surface area (Å²) in [5.74, 6) is -0.790. The Bertz CT molecular complexity index is 1360. The molecule has 33 heavy (non-hydrogen) atoms. The summed E-state index contributed by atoms with van der Waals surface area (Å²) in [7, 11) is -3.87. The summed E-state index contributed by atoms with van der Waals surface area (Å²) in [5, 5.41) is 2.92. The van der Waals surface area contributed by atoms with Crippen molar-refractivity contribution in [1.29, 1.82) is 0 Å². The van der Waals surface area contributed by atoms with E-state index >= 15 is 0 Å². The Kier molecular flexibility index (Phi) is 6.91. The van der Waals surface area contributed by atoms with Crippen LogP contribution in [0.3, 0.4) is 0 Å². The highest BCUT2D eigenvalue weighted by atomic mass is 32.2. The zero-order chi connectivity index (χ0) is 23.4. The molecule has 1 aromatic heterocycles. The first-order chi connectivity index (χ1) is 15.9. The maximum Gasteiger partial charge on any atom is 0.261 e. The van der Waals surface area contributed by atoms with Crippen LogP contribution in [-0.4, -0.2) is 20.9 Å². The van der Waals surface area contributed by atoms with E-state index in [-0.39, 0.29) is 17.3 Å². The van der Waals surface area contributed by atoms with Gasteiger partial charge in [-0.1, -0.05) is 61.9 Å². The Morgan fingerprint density at radius 2 is 1.64 bits per heavy atom. The van der Waals surface area contributed by atoms with Crippen LogP contribution in [-0.2, 0) is 16.3 Å². The second-order valence-electron chi connectivity index (χ2n) is 7.76. The quantitative estimate of drug-likeness (QED) is 0.317. The molecular weight excluding hydrogens is 457 g/mol. The van der Waals surface area contributed by atoms with Gasteiger partial charge >= 0.3 is 0 Å². The molecule has 170 valence electrons. The molecule has 4 nitrogen and oxygen atoms in total. The fourth-order valence-electron chi connectivity index (χ4n) is 3.91. The van der Waals surface area contributed by atoms with E-state index in [1.807, 2.05) is 24.3 Å². The third kappa shape index (κ3) is 4.84. The molecule has 1 amide bonds. The third-order valence-electron chi connectivity index (χ3n) is 5.54. The number of thiophene rings is 1. The largest absolute Gasteiger partial charge is 0.350 e. The minimum Gasteiger partial charge on any atom is -0.350 e. The van der Waals surface area contributed by atoms with Crippen molar-refractivity contribution in [2.75, 3.05) is 6.54 Å². The summed E-state index contributed by atoms with van der Waals surface area (Å²) in [6, 6.07) is 21.4. The van der Waals surface area contributed by atoms with Gasteiger partial charge in [-0.25, -0.2) is 12.8 Å². The lowest BCUT2D eigenvalue weighted by molar-refractivity contribution is 0.0957. The summed E-state index contributed by atoms with van der Waals surface area (Å²) in [6.07, 6.45) is 1.66. The molecule has 1 unspecified atom stereocenters. The van der Waals surface area contributed by atoms with Crippen LogP contribution in [0, 0.1) is 5.82 Å². The fourth-order valence-corrected chi connectivity index (χ4v) is 6.74. The highest BCUT2D eigenvalue weighted by molar-refractivity contribution is 7.91. The monoisotopic (exact) mass is 481 g/mol. The van der Waals surface area contributed by atoms with Crippen LogP contribution < -0.4 is 5.32 Å². The maximum atomic E-state index is 13.4. The van der Waals surface area contributed by atoms with Crippen molar-refractivity contribution < 1.29 is 17.6 Å². The summed E-state index contributed by atoms with van der Waals surface area (Å²) < 4.78 is 41.3. The number of fused-ring (bicyclic) bond motifs is 1. The lowest BCUT2D eigenvalue weighted by Crippen LogP contribution is -2.32. The van der Waals surface area contributed by atoms with Crippen LogP contribution >= 0.6 is 11.3 Å². The van der Waals surface area contributed by atoms with Gasteiger partial charge in [0.25, 0.3) is 5.91 Å². The van der Waals surface area contributed by atoms with Gasteiger partial charge < -0.3 is 5.32 Å². The van der Waals surface area contributed by atoms with Gasteiger partial charge in [-0.2, -0.15) is 0 Å². The molecule has 1 atom stereocenters. The van der Waals surface area contributed by atoms with Crippen molar-refractivity contribution in [2.24, 2.45) is 0 Å². The zero-order valence-electron chi connectivity index (χ0n) is 18.1. The highest BCUT2D eigenvalue weighted by Gasteiger charge is 2.30. The van der Waals surface area contributed by atoms with E-state index < -0.39 is 20.9 Å². The molecule has 4 rings (SSSR count). The second-order valence-corrected chi connectivity index (χ2v) is 10.9. The number of amides is 1. The first-order valence-electron chi connectivity index (χ1n) is 10.7. The number of aryl methyl sites for hydroxylation is 1.